The SMILES string of the molecule is Cc1nc(-c2ccccc2)sc1C(C)NC(=O)Cn1cnnn1. The second kappa shape index (κ2) is 6.66. The largest absolute Gasteiger partial charge is 0.347 e. The Labute approximate surface area is 137 Å². The first-order valence-corrected chi connectivity index (χ1v) is 7.98. The molecule has 3 aromatic rings. The molecule has 0 spiro atoms. The number of aromatic nitrogens is 5. The number of carbonyl (C=O) groups excluding carboxylic acids is 1. The van der Waals surface area contributed by atoms with E-state index in [2.05, 4.69) is 25.8 Å². The Balaban J connectivity index is 1.71. The Morgan fingerprint density at radius 3 is 2.83 bits per heavy atom. The maximum Gasteiger partial charge on any atom is 0.242 e. The van der Waals surface area contributed by atoms with E-state index < -0.39 is 0 Å². The fraction of sp³-hybridized carbons (Fsp3) is 0.267. The number of nitrogens with one attached hydrogen (secondary N) is 1. The first-order chi connectivity index (χ1) is 11.1. The second-order valence-electron chi connectivity index (χ2n) is 5.13. The van der Waals surface area contributed by atoms with Crippen LogP contribution in [0.5, 0.6) is 0 Å². The molecular formula is C15H16N6OS. The van der Waals surface area contributed by atoms with Gasteiger partial charge in [-0.25, -0.2) is 9.67 Å². The number of thiazole rings is 1. The summed E-state index contributed by atoms with van der Waals surface area (Å²) in [5.41, 5.74) is 2.02. The molecule has 0 saturated heterocycles. The molecule has 1 amide bonds. The van der Waals surface area contributed by atoms with Crippen molar-refractivity contribution in [3.63, 3.8) is 0 Å². The molecule has 0 fully saturated rings. The van der Waals surface area contributed by atoms with E-state index in [4.69, 9.17) is 0 Å². The number of benzene rings is 1. The highest BCUT2D eigenvalue weighted by Crippen LogP contribution is 2.31. The van der Waals surface area contributed by atoms with Gasteiger partial charge in [0.2, 0.25) is 5.91 Å². The van der Waals surface area contributed by atoms with Crippen molar-refractivity contribution in [2.24, 2.45) is 0 Å². The predicted octanol–water partition coefficient (Wildman–Crippen LogP) is 1.98. The van der Waals surface area contributed by atoms with Crippen molar-refractivity contribution in [3.8, 4) is 10.6 Å². The van der Waals surface area contributed by atoms with Gasteiger partial charge in [-0.05, 0) is 24.3 Å². The molecule has 0 bridgehead atoms. The predicted molar refractivity (Wildman–Crippen MR) is 86.7 cm³/mol. The highest BCUT2D eigenvalue weighted by atomic mass is 32.1. The van der Waals surface area contributed by atoms with Gasteiger partial charge in [0.1, 0.15) is 17.9 Å². The van der Waals surface area contributed by atoms with Gasteiger partial charge in [-0.3, -0.25) is 4.79 Å². The molecule has 8 heteroatoms. The van der Waals surface area contributed by atoms with Gasteiger partial charge in [-0.2, -0.15) is 0 Å². The van der Waals surface area contributed by atoms with Gasteiger partial charge in [0, 0.05) is 5.56 Å². The van der Waals surface area contributed by atoms with E-state index in [9.17, 15) is 4.79 Å². The third kappa shape index (κ3) is 3.59. The Morgan fingerprint density at radius 1 is 1.35 bits per heavy atom. The lowest BCUT2D eigenvalue weighted by Crippen LogP contribution is -2.30. The Kier molecular flexibility index (Phi) is 4.42. The highest BCUT2D eigenvalue weighted by molar-refractivity contribution is 7.15. The van der Waals surface area contributed by atoms with Crippen LogP contribution in [0, 0.1) is 6.92 Å². The lowest BCUT2D eigenvalue weighted by molar-refractivity contribution is -0.122. The van der Waals surface area contributed by atoms with Crippen LogP contribution in [0.3, 0.4) is 0 Å². The molecule has 0 saturated carbocycles. The first kappa shape index (κ1) is 15.3. The van der Waals surface area contributed by atoms with E-state index in [0.29, 0.717) is 0 Å². The number of carbonyl (C=O) groups is 1. The van der Waals surface area contributed by atoms with Crippen molar-refractivity contribution in [2.75, 3.05) is 0 Å². The number of hydrogen-bond donors (Lipinski definition) is 1. The van der Waals surface area contributed by atoms with E-state index in [1.807, 2.05) is 44.2 Å². The number of amides is 1. The third-order valence-corrected chi connectivity index (χ3v) is 4.71. The maximum atomic E-state index is 12.0. The van der Waals surface area contributed by atoms with E-state index in [1.165, 1.54) is 11.0 Å². The smallest absolute Gasteiger partial charge is 0.242 e. The molecule has 0 aliphatic heterocycles. The summed E-state index contributed by atoms with van der Waals surface area (Å²) in [5, 5.41) is 14.6. The summed E-state index contributed by atoms with van der Waals surface area (Å²) in [6.07, 6.45) is 1.41. The number of rotatable bonds is 5. The highest BCUT2D eigenvalue weighted by Gasteiger charge is 2.17. The van der Waals surface area contributed by atoms with Crippen LogP contribution < -0.4 is 5.32 Å². The summed E-state index contributed by atoms with van der Waals surface area (Å²) in [7, 11) is 0. The van der Waals surface area contributed by atoms with Crippen LogP contribution >= 0.6 is 11.3 Å². The zero-order valence-corrected chi connectivity index (χ0v) is 13.6. The topological polar surface area (TPSA) is 85.6 Å². The minimum Gasteiger partial charge on any atom is -0.347 e. The van der Waals surface area contributed by atoms with Crippen molar-refractivity contribution in [1.82, 2.24) is 30.5 Å². The molecular weight excluding hydrogens is 312 g/mol. The lowest BCUT2D eigenvalue weighted by atomic mass is 10.2. The molecule has 1 atom stereocenters. The van der Waals surface area contributed by atoms with Gasteiger partial charge >= 0.3 is 0 Å². The number of nitrogens with zero attached hydrogens (tertiary/aromatic N) is 5. The average Bonchev–Trinajstić information content (AvgIpc) is 3.17. The Hall–Kier alpha value is -2.61. The van der Waals surface area contributed by atoms with Crippen LogP contribution in [-0.4, -0.2) is 31.1 Å². The summed E-state index contributed by atoms with van der Waals surface area (Å²) >= 11 is 1.60. The third-order valence-electron chi connectivity index (χ3n) is 3.32. The monoisotopic (exact) mass is 328 g/mol. The minimum absolute atomic E-state index is 0.0980. The van der Waals surface area contributed by atoms with Crippen molar-refractivity contribution in [1.29, 1.82) is 0 Å². The van der Waals surface area contributed by atoms with Gasteiger partial charge in [0.05, 0.1) is 16.6 Å². The van der Waals surface area contributed by atoms with Gasteiger partial charge in [0.25, 0.3) is 0 Å². The summed E-state index contributed by atoms with van der Waals surface area (Å²) < 4.78 is 1.39. The Bertz CT molecular complexity index is 784. The first-order valence-electron chi connectivity index (χ1n) is 7.16. The zero-order valence-electron chi connectivity index (χ0n) is 12.8. The molecule has 2 heterocycles. The second-order valence-corrected chi connectivity index (χ2v) is 6.16. The summed E-state index contributed by atoms with van der Waals surface area (Å²) in [5.74, 6) is -0.140. The van der Waals surface area contributed by atoms with E-state index in [-0.39, 0.29) is 18.5 Å². The zero-order chi connectivity index (χ0) is 16.2. The van der Waals surface area contributed by atoms with Crippen molar-refractivity contribution >= 4 is 17.2 Å². The molecule has 1 unspecified atom stereocenters. The maximum absolute atomic E-state index is 12.0. The summed E-state index contributed by atoms with van der Waals surface area (Å²) in [4.78, 5) is 17.7. The fourth-order valence-corrected chi connectivity index (χ4v) is 3.34. The van der Waals surface area contributed by atoms with Gasteiger partial charge in [0.15, 0.2) is 0 Å². The fourth-order valence-electron chi connectivity index (χ4n) is 2.27. The molecule has 0 aliphatic rings. The van der Waals surface area contributed by atoms with Crippen molar-refractivity contribution in [2.45, 2.75) is 26.4 Å². The molecule has 2 aromatic heterocycles. The molecule has 1 aromatic carbocycles. The quantitative estimate of drug-likeness (QED) is 0.774. The molecule has 3 rings (SSSR count). The van der Waals surface area contributed by atoms with Gasteiger partial charge < -0.3 is 5.32 Å². The van der Waals surface area contributed by atoms with E-state index in [1.54, 1.807) is 11.3 Å². The summed E-state index contributed by atoms with van der Waals surface area (Å²) in [6, 6.07) is 9.90. The van der Waals surface area contributed by atoms with Gasteiger partial charge in [-0.1, -0.05) is 30.3 Å². The standard InChI is InChI=1S/C15H16N6OS/c1-10(17-13(22)8-21-9-16-19-20-21)14-11(2)18-15(23-14)12-6-4-3-5-7-12/h3-7,9-10H,8H2,1-2H3,(H,17,22). The van der Waals surface area contributed by atoms with Crippen LogP contribution in [0.25, 0.3) is 10.6 Å². The molecule has 7 nitrogen and oxygen atoms in total. The average molecular weight is 328 g/mol. The molecule has 1 N–H and O–H groups in total. The van der Waals surface area contributed by atoms with Crippen LogP contribution in [0.1, 0.15) is 23.5 Å². The lowest BCUT2D eigenvalue weighted by Gasteiger charge is -2.12. The minimum atomic E-state index is -0.140. The van der Waals surface area contributed by atoms with Gasteiger partial charge in [-0.15, -0.1) is 16.4 Å². The van der Waals surface area contributed by atoms with E-state index >= 15 is 0 Å². The summed E-state index contributed by atoms with van der Waals surface area (Å²) in [6.45, 7) is 4.01. The normalized spacial score (nSPS) is 12.1. The number of tetrazole rings is 1. The Morgan fingerprint density at radius 2 is 2.13 bits per heavy atom. The van der Waals surface area contributed by atoms with Crippen molar-refractivity contribution < 1.29 is 4.79 Å². The molecule has 118 valence electrons. The van der Waals surface area contributed by atoms with Crippen LogP contribution in [0.15, 0.2) is 36.7 Å². The van der Waals surface area contributed by atoms with Crippen LogP contribution in [0.2, 0.25) is 0 Å². The number of hydrogen-bond acceptors (Lipinski definition) is 6. The van der Waals surface area contributed by atoms with E-state index in [0.717, 1.165) is 21.1 Å². The molecule has 0 radical (unpaired) electrons. The number of aryl methyl sites for hydroxylation is 1. The molecule has 23 heavy (non-hydrogen) atoms. The van der Waals surface area contributed by atoms with Crippen LogP contribution in [0.4, 0.5) is 0 Å². The van der Waals surface area contributed by atoms with Crippen LogP contribution in [-0.2, 0) is 11.3 Å². The van der Waals surface area contributed by atoms with Crippen molar-refractivity contribution in [3.05, 3.63) is 47.2 Å². The molecule has 0 aliphatic carbocycles.